The normalized spacial score (nSPS) is 18.0. The fourth-order valence-corrected chi connectivity index (χ4v) is 3.91. The molecule has 1 saturated heterocycles. The fraction of sp³-hybridized carbons (Fsp3) is 0.391. The summed E-state index contributed by atoms with van der Waals surface area (Å²) in [7, 11) is 0. The number of piperazine rings is 1. The largest absolute Gasteiger partial charge is 0.486 e. The number of aliphatic imine (C=N–C) groups is 1. The Hall–Kier alpha value is -4.00. The van der Waals surface area contributed by atoms with Crippen molar-refractivity contribution in [3.05, 3.63) is 42.7 Å². The Balaban J connectivity index is 1.47. The number of hydrogen-bond donors (Lipinski definition) is 2. The van der Waals surface area contributed by atoms with E-state index in [-0.39, 0.29) is 18.0 Å². The Labute approximate surface area is 192 Å². The number of rotatable bonds is 3. The van der Waals surface area contributed by atoms with Crippen LogP contribution in [-0.2, 0) is 0 Å². The lowest BCUT2D eigenvalue weighted by Gasteiger charge is -2.44. The lowest BCUT2D eigenvalue weighted by molar-refractivity contribution is 0.118. The molecule has 1 aromatic carbocycles. The standard InChI is InChI=1S/C23H27N7O3/c1-16(2)19-14-29(23(31)28-17-5-6-20-21(12-17)33-11-10-32-20)8-9-30(19)22(26-15-24)27-18-4-3-7-25-13-18/h3-7,12-13,16,19H,8-11,14H2,1-2H3,(H,26,27)(H,28,31). The van der Waals surface area contributed by atoms with Crippen LogP contribution in [0.5, 0.6) is 11.5 Å². The summed E-state index contributed by atoms with van der Waals surface area (Å²) in [4.78, 5) is 25.5. The summed E-state index contributed by atoms with van der Waals surface area (Å²) in [5, 5.41) is 14.9. The molecule has 10 heteroatoms. The molecule has 10 nitrogen and oxygen atoms in total. The van der Waals surface area contributed by atoms with Crippen molar-refractivity contribution in [2.24, 2.45) is 10.9 Å². The summed E-state index contributed by atoms with van der Waals surface area (Å²) >= 11 is 0. The minimum Gasteiger partial charge on any atom is -0.486 e. The Morgan fingerprint density at radius 2 is 2.06 bits per heavy atom. The number of carbonyl (C=O) groups is 1. The van der Waals surface area contributed by atoms with Gasteiger partial charge in [0.1, 0.15) is 13.2 Å². The first-order valence-electron chi connectivity index (χ1n) is 10.9. The predicted octanol–water partition coefficient (Wildman–Crippen LogP) is 2.79. The number of amides is 2. The maximum Gasteiger partial charge on any atom is 0.321 e. The molecule has 2 aliphatic heterocycles. The first-order valence-corrected chi connectivity index (χ1v) is 10.9. The molecular weight excluding hydrogens is 422 g/mol. The summed E-state index contributed by atoms with van der Waals surface area (Å²) in [6.07, 6.45) is 5.29. The van der Waals surface area contributed by atoms with Crippen molar-refractivity contribution in [1.82, 2.24) is 20.1 Å². The molecule has 0 bridgehead atoms. The summed E-state index contributed by atoms with van der Waals surface area (Å²) < 4.78 is 11.1. The first kappa shape index (κ1) is 22.2. The van der Waals surface area contributed by atoms with Gasteiger partial charge in [-0.1, -0.05) is 13.8 Å². The molecule has 3 heterocycles. The quantitative estimate of drug-likeness (QED) is 0.320. The predicted molar refractivity (Wildman–Crippen MR) is 123 cm³/mol. The molecule has 2 N–H and O–H groups in total. The molecule has 0 radical (unpaired) electrons. The smallest absolute Gasteiger partial charge is 0.321 e. The molecular formula is C23H27N7O3. The molecule has 1 unspecified atom stereocenters. The van der Waals surface area contributed by atoms with Gasteiger partial charge in [-0.2, -0.15) is 5.26 Å². The van der Waals surface area contributed by atoms with Crippen LogP contribution in [0.25, 0.3) is 0 Å². The van der Waals surface area contributed by atoms with E-state index >= 15 is 0 Å². The molecule has 0 aliphatic carbocycles. The van der Waals surface area contributed by atoms with E-state index in [9.17, 15) is 10.1 Å². The highest BCUT2D eigenvalue weighted by Crippen LogP contribution is 2.32. The van der Waals surface area contributed by atoms with Gasteiger partial charge in [-0.05, 0) is 30.2 Å². The Morgan fingerprint density at radius 1 is 1.24 bits per heavy atom. The van der Waals surface area contributed by atoms with E-state index in [2.05, 4.69) is 39.4 Å². The number of fused-ring (bicyclic) bond motifs is 1. The van der Waals surface area contributed by atoms with Crippen LogP contribution in [0.1, 0.15) is 13.8 Å². The van der Waals surface area contributed by atoms with Crippen LogP contribution in [0.2, 0.25) is 0 Å². The lowest BCUT2D eigenvalue weighted by atomic mass is 10.00. The van der Waals surface area contributed by atoms with E-state index in [1.807, 2.05) is 12.3 Å². The van der Waals surface area contributed by atoms with Crippen LogP contribution in [0.4, 0.5) is 16.2 Å². The molecule has 2 aromatic rings. The molecule has 2 amide bonds. The van der Waals surface area contributed by atoms with E-state index in [1.54, 1.807) is 41.6 Å². The number of nitrogens with one attached hydrogen (secondary N) is 2. The van der Waals surface area contributed by atoms with Gasteiger partial charge in [0.2, 0.25) is 5.96 Å². The maximum atomic E-state index is 13.0. The van der Waals surface area contributed by atoms with Gasteiger partial charge in [0, 0.05) is 37.6 Å². The molecule has 172 valence electrons. The highest BCUT2D eigenvalue weighted by atomic mass is 16.6. The fourth-order valence-electron chi connectivity index (χ4n) is 3.91. The number of pyridine rings is 1. The van der Waals surface area contributed by atoms with Gasteiger partial charge in [-0.15, -0.1) is 0 Å². The number of guanidine groups is 1. The minimum atomic E-state index is -0.184. The number of hydrogen-bond acceptors (Lipinski definition) is 6. The topological polar surface area (TPSA) is 115 Å². The van der Waals surface area contributed by atoms with Crippen LogP contribution >= 0.6 is 0 Å². The van der Waals surface area contributed by atoms with Crippen LogP contribution in [-0.4, -0.2) is 65.7 Å². The zero-order chi connectivity index (χ0) is 23.2. The average Bonchev–Trinajstić information content (AvgIpc) is 2.84. The molecule has 33 heavy (non-hydrogen) atoms. The zero-order valence-electron chi connectivity index (χ0n) is 18.7. The second-order valence-electron chi connectivity index (χ2n) is 8.12. The number of ether oxygens (including phenoxy) is 2. The first-order chi connectivity index (χ1) is 16.0. The summed E-state index contributed by atoms with van der Waals surface area (Å²) in [6, 6.07) is 8.79. The van der Waals surface area contributed by atoms with E-state index in [1.165, 1.54) is 0 Å². The van der Waals surface area contributed by atoms with Gasteiger partial charge >= 0.3 is 6.03 Å². The van der Waals surface area contributed by atoms with E-state index < -0.39 is 0 Å². The number of urea groups is 1. The molecule has 4 rings (SSSR count). The highest BCUT2D eigenvalue weighted by molar-refractivity contribution is 5.90. The molecule has 1 atom stereocenters. The molecule has 2 aliphatic rings. The van der Waals surface area contributed by atoms with E-state index in [0.29, 0.717) is 61.7 Å². The number of nitriles is 1. The van der Waals surface area contributed by atoms with Crippen molar-refractivity contribution < 1.29 is 14.3 Å². The van der Waals surface area contributed by atoms with Crippen LogP contribution in [0.15, 0.2) is 47.7 Å². The van der Waals surface area contributed by atoms with Gasteiger partial charge in [-0.25, -0.2) is 9.79 Å². The van der Waals surface area contributed by atoms with Crippen LogP contribution in [0, 0.1) is 17.4 Å². The van der Waals surface area contributed by atoms with Crippen molar-refractivity contribution in [1.29, 1.82) is 5.26 Å². The van der Waals surface area contributed by atoms with Crippen molar-refractivity contribution in [3.63, 3.8) is 0 Å². The van der Waals surface area contributed by atoms with E-state index in [0.717, 1.165) is 0 Å². The van der Waals surface area contributed by atoms with Gasteiger partial charge in [0.15, 0.2) is 17.7 Å². The van der Waals surface area contributed by atoms with Gasteiger partial charge < -0.3 is 24.6 Å². The molecule has 1 fully saturated rings. The number of nitrogens with zero attached hydrogens (tertiary/aromatic N) is 5. The summed E-state index contributed by atoms with van der Waals surface area (Å²) in [6.45, 7) is 6.70. The maximum absolute atomic E-state index is 13.0. The summed E-state index contributed by atoms with van der Waals surface area (Å²) in [5.74, 6) is 1.98. The second kappa shape index (κ2) is 10.1. The van der Waals surface area contributed by atoms with Gasteiger partial charge in [-0.3, -0.25) is 10.3 Å². The number of carbonyl (C=O) groups excluding carboxylic acids is 1. The van der Waals surface area contributed by atoms with E-state index in [4.69, 9.17) is 9.47 Å². The minimum absolute atomic E-state index is 0.0268. The van der Waals surface area contributed by atoms with Crippen LogP contribution < -0.4 is 20.1 Å². The van der Waals surface area contributed by atoms with Crippen molar-refractivity contribution in [2.45, 2.75) is 19.9 Å². The van der Waals surface area contributed by atoms with Crippen molar-refractivity contribution in [2.75, 3.05) is 38.2 Å². The van der Waals surface area contributed by atoms with Crippen molar-refractivity contribution >= 4 is 23.4 Å². The average molecular weight is 450 g/mol. The number of benzene rings is 1. The number of aromatic nitrogens is 1. The Bertz CT molecular complexity index is 1050. The summed E-state index contributed by atoms with van der Waals surface area (Å²) in [5.41, 5.74) is 1.30. The third-order valence-electron chi connectivity index (χ3n) is 5.59. The van der Waals surface area contributed by atoms with Gasteiger partial charge in [0.25, 0.3) is 0 Å². The van der Waals surface area contributed by atoms with Crippen molar-refractivity contribution in [3.8, 4) is 17.7 Å². The number of anilines is 1. The lowest BCUT2D eigenvalue weighted by Crippen LogP contribution is -2.60. The zero-order valence-corrected chi connectivity index (χ0v) is 18.7. The third kappa shape index (κ3) is 5.26. The SMILES string of the molecule is CC(C)C1CN(C(=O)Nc2ccc3c(c2)OCCO3)CCN1C(=Nc1cccnc1)NC#N. The second-order valence-corrected chi connectivity index (χ2v) is 8.12. The van der Waals surface area contributed by atoms with Gasteiger partial charge in [0.05, 0.1) is 17.9 Å². The molecule has 1 aromatic heterocycles. The Kier molecular flexibility index (Phi) is 6.78. The Morgan fingerprint density at radius 3 is 2.79 bits per heavy atom. The molecule has 0 spiro atoms. The molecule has 0 saturated carbocycles. The monoisotopic (exact) mass is 449 g/mol. The highest BCUT2D eigenvalue weighted by Gasteiger charge is 2.33. The third-order valence-corrected chi connectivity index (χ3v) is 5.59. The van der Waals surface area contributed by atoms with Crippen LogP contribution in [0.3, 0.4) is 0 Å².